The van der Waals surface area contributed by atoms with Gasteiger partial charge in [-0.3, -0.25) is 0 Å². The second-order valence-corrected chi connectivity index (χ2v) is 11.9. The van der Waals surface area contributed by atoms with E-state index < -0.39 is 0 Å². The summed E-state index contributed by atoms with van der Waals surface area (Å²) in [6, 6.07) is 19.5. The van der Waals surface area contributed by atoms with E-state index >= 15 is 0 Å². The van der Waals surface area contributed by atoms with E-state index in [1.807, 2.05) is 69.3 Å². The first-order valence-electron chi connectivity index (χ1n) is 12.0. The lowest BCUT2D eigenvalue weighted by Crippen LogP contribution is -1.96. The molecule has 0 bridgehead atoms. The zero-order chi connectivity index (χ0) is 28.2. The average molecular weight is 635 g/mol. The molecule has 0 radical (unpaired) electrons. The summed E-state index contributed by atoms with van der Waals surface area (Å²) in [5, 5.41) is 5.32. The molecule has 7 heteroatoms. The van der Waals surface area contributed by atoms with Crippen LogP contribution in [0.2, 0.25) is 30.1 Å². The van der Waals surface area contributed by atoms with Crippen LogP contribution in [-0.2, 0) is 0 Å². The van der Waals surface area contributed by atoms with Crippen molar-refractivity contribution >= 4 is 80.4 Å². The lowest BCUT2D eigenvalue weighted by Gasteiger charge is -2.21. The fraction of sp³-hybridized carbons (Fsp3) is 0.125. The van der Waals surface area contributed by atoms with Crippen molar-refractivity contribution in [3.8, 4) is 39.1 Å². The summed E-state index contributed by atoms with van der Waals surface area (Å²) < 4.78 is 5.62. The molecule has 0 saturated heterocycles. The van der Waals surface area contributed by atoms with Crippen LogP contribution in [0.3, 0.4) is 0 Å². The zero-order valence-corrected chi connectivity index (χ0v) is 26.0. The Balaban J connectivity index is 2.01. The summed E-state index contributed by atoms with van der Waals surface area (Å²) in [5.41, 5.74) is 7.74. The fourth-order valence-electron chi connectivity index (χ4n) is 4.79. The van der Waals surface area contributed by atoms with E-state index in [4.69, 9.17) is 74.3 Å². The summed E-state index contributed by atoms with van der Waals surface area (Å²) in [7, 11) is 1.64. The Morgan fingerprint density at radius 1 is 0.513 bits per heavy atom. The van der Waals surface area contributed by atoms with Crippen molar-refractivity contribution in [1.82, 2.24) is 0 Å². The zero-order valence-electron chi connectivity index (χ0n) is 21.4. The molecule has 5 rings (SSSR count). The highest BCUT2D eigenvalue weighted by Crippen LogP contribution is 2.49. The molecule has 0 aliphatic carbocycles. The Labute approximate surface area is 258 Å². The molecule has 0 N–H and O–H groups in total. The van der Waals surface area contributed by atoms with Gasteiger partial charge in [-0.25, -0.2) is 0 Å². The summed E-state index contributed by atoms with van der Waals surface area (Å²) in [5.74, 6) is 0.712. The molecule has 1 nitrogen and oxygen atoms in total. The molecule has 0 amide bonds. The average Bonchev–Trinajstić information content (AvgIpc) is 2.91. The predicted molar refractivity (Wildman–Crippen MR) is 171 cm³/mol. The maximum Gasteiger partial charge on any atom is 0.119 e. The molecule has 0 aromatic heterocycles. The maximum atomic E-state index is 6.90. The summed E-state index contributed by atoms with van der Waals surface area (Å²) in [6.07, 6.45) is 0. The van der Waals surface area contributed by atoms with Gasteiger partial charge in [0.15, 0.2) is 0 Å². The van der Waals surface area contributed by atoms with E-state index in [0.29, 0.717) is 35.9 Å². The molecule has 0 saturated carbocycles. The minimum absolute atomic E-state index is 0.529. The monoisotopic (exact) mass is 632 g/mol. The lowest BCUT2D eigenvalue weighted by atomic mass is 9.84. The highest BCUT2D eigenvalue weighted by Gasteiger charge is 2.22. The number of methoxy groups -OCH3 is 1. The van der Waals surface area contributed by atoms with Gasteiger partial charge in [-0.2, -0.15) is 0 Å². The Kier molecular flexibility index (Phi) is 8.06. The molecular formula is C32H22Cl6O. The summed E-state index contributed by atoms with van der Waals surface area (Å²) in [6.45, 7) is 5.75. The third kappa shape index (κ3) is 5.10. The number of ether oxygens (including phenoxy) is 1. The van der Waals surface area contributed by atoms with Gasteiger partial charge >= 0.3 is 0 Å². The van der Waals surface area contributed by atoms with E-state index in [-0.39, 0.29) is 0 Å². The first kappa shape index (κ1) is 28.4. The number of hydrogen-bond donors (Lipinski definition) is 0. The van der Waals surface area contributed by atoms with Crippen molar-refractivity contribution < 1.29 is 4.74 Å². The quantitative estimate of drug-likeness (QED) is 0.191. The topological polar surface area (TPSA) is 9.23 Å². The van der Waals surface area contributed by atoms with Crippen molar-refractivity contribution in [2.45, 2.75) is 20.8 Å². The van der Waals surface area contributed by atoms with E-state index in [2.05, 4.69) is 6.07 Å². The molecule has 0 spiro atoms. The van der Waals surface area contributed by atoms with Crippen molar-refractivity contribution in [3.05, 3.63) is 107 Å². The number of halogens is 6. The van der Waals surface area contributed by atoms with Gasteiger partial charge < -0.3 is 4.74 Å². The number of benzene rings is 5. The van der Waals surface area contributed by atoms with Crippen molar-refractivity contribution in [2.24, 2.45) is 0 Å². The molecule has 0 fully saturated rings. The van der Waals surface area contributed by atoms with Crippen LogP contribution in [0.15, 0.2) is 60.7 Å². The highest BCUT2D eigenvalue weighted by molar-refractivity contribution is 6.39. The molecule has 198 valence electrons. The molecule has 5 aromatic carbocycles. The Hall–Kier alpha value is -2.10. The molecule has 0 unspecified atom stereocenters. The fourth-order valence-corrected chi connectivity index (χ4v) is 6.23. The first-order chi connectivity index (χ1) is 18.5. The Morgan fingerprint density at radius 2 is 1.21 bits per heavy atom. The van der Waals surface area contributed by atoms with Crippen LogP contribution in [0, 0.1) is 20.8 Å². The summed E-state index contributed by atoms with van der Waals surface area (Å²) >= 11 is 39.9. The molecule has 0 heterocycles. The Bertz CT molecular complexity index is 1770. The normalized spacial score (nSPS) is 11.3. The second kappa shape index (κ2) is 11.1. The highest BCUT2D eigenvalue weighted by atomic mass is 35.5. The smallest absolute Gasteiger partial charge is 0.119 e. The maximum absolute atomic E-state index is 6.90. The van der Waals surface area contributed by atoms with Crippen LogP contribution in [0.25, 0.3) is 44.2 Å². The molecule has 0 aliphatic heterocycles. The number of aryl methyl sites for hydroxylation is 1. The third-order valence-corrected chi connectivity index (χ3v) is 9.47. The first-order valence-corrected chi connectivity index (χ1v) is 14.3. The minimum atomic E-state index is 0.529. The van der Waals surface area contributed by atoms with Gasteiger partial charge in [0.1, 0.15) is 5.75 Å². The second-order valence-electron chi connectivity index (χ2n) is 9.44. The SMILES string of the molecule is COc1ccc2c(-c3cc(C)c(Cl)cc3Cl)c(-c3cc(Cl)c(C)c(Cl)c3)cc(-c3ccc(Cl)c(C)c3Cl)c2c1. The van der Waals surface area contributed by atoms with Crippen molar-refractivity contribution in [2.75, 3.05) is 7.11 Å². The minimum Gasteiger partial charge on any atom is -0.497 e. The molecule has 0 atom stereocenters. The van der Waals surface area contributed by atoms with E-state index in [1.165, 1.54) is 0 Å². The van der Waals surface area contributed by atoms with Gasteiger partial charge in [-0.05, 0) is 119 Å². The number of hydrogen-bond acceptors (Lipinski definition) is 1. The predicted octanol–water partition coefficient (Wildman–Crippen LogP) is 12.7. The molecular weight excluding hydrogens is 613 g/mol. The van der Waals surface area contributed by atoms with Gasteiger partial charge in [-0.1, -0.05) is 81.7 Å². The Morgan fingerprint density at radius 3 is 1.87 bits per heavy atom. The molecule has 5 aromatic rings. The number of fused-ring (bicyclic) bond motifs is 1. The van der Waals surface area contributed by atoms with Gasteiger partial charge in [-0.15, -0.1) is 0 Å². The van der Waals surface area contributed by atoms with Gasteiger partial charge in [0.2, 0.25) is 0 Å². The van der Waals surface area contributed by atoms with Crippen LogP contribution >= 0.6 is 69.6 Å². The molecule has 39 heavy (non-hydrogen) atoms. The third-order valence-electron chi connectivity index (χ3n) is 7.06. The van der Waals surface area contributed by atoms with E-state index in [1.54, 1.807) is 13.2 Å². The van der Waals surface area contributed by atoms with E-state index in [9.17, 15) is 0 Å². The van der Waals surface area contributed by atoms with Crippen LogP contribution in [0.4, 0.5) is 0 Å². The van der Waals surface area contributed by atoms with Gasteiger partial charge in [0.25, 0.3) is 0 Å². The van der Waals surface area contributed by atoms with Crippen LogP contribution < -0.4 is 4.74 Å². The lowest BCUT2D eigenvalue weighted by molar-refractivity contribution is 0.415. The standard InChI is InChI=1S/C32H22Cl6O/c1-15-9-25(30(37)14-27(15)34)31-20-6-5-19(39-4)12-23(20)24(21-7-8-26(33)17(3)32(21)38)13-22(31)18-10-28(35)16(2)29(36)11-18/h5-14H,1-4H3. The summed E-state index contributed by atoms with van der Waals surface area (Å²) in [4.78, 5) is 0. The van der Waals surface area contributed by atoms with Crippen LogP contribution in [0.1, 0.15) is 16.7 Å². The largest absolute Gasteiger partial charge is 0.497 e. The van der Waals surface area contributed by atoms with Gasteiger partial charge in [0.05, 0.1) is 12.1 Å². The van der Waals surface area contributed by atoms with E-state index in [0.717, 1.165) is 60.8 Å². The van der Waals surface area contributed by atoms with Crippen molar-refractivity contribution in [1.29, 1.82) is 0 Å². The number of rotatable bonds is 4. The van der Waals surface area contributed by atoms with Crippen LogP contribution in [0.5, 0.6) is 5.75 Å². The van der Waals surface area contributed by atoms with Crippen molar-refractivity contribution in [3.63, 3.8) is 0 Å². The van der Waals surface area contributed by atoms with Crippen LogP contribution in [-0.4, -0.2) is 7.11 Å². The van der Waals surface area contributed by atoms with Gasteiger partial charge in [0, 0.05) is 36.2 Å². The molecule has 0 aliphatic rings.